The highest BCUT2D eigenvalue weighted by Gasteiger charge is 2.30. The fourth-order valence-electron chi connectivity index (χ4n) is 4.11. The third kappa shape index (κ3) is 3.56. The largest absolute Gasteiger partial charge is 0.378 e. The molecule has 6 nitrogen and oxygen atoms in total. The zero-order valence-electron chi connectivity index (χ0n) is 16.8. The average Bonchev–Trinajstić information content (AvgIpc) is 3.27. The Kier molecular flexibility index (Phi) is 5.71. The Balaban J connectivity index is 0.000000932. The van der Waals surface area contributed by atoms with Crippen molar-refractivity contribution < 1.29 is 4.74 Å². The summed E-state index contributed by atoms with van der Waals surface area (Å²) in [6.45, 7) is 8.02. The van der Waals surface area contributed by atoms with E-state index in [2.05, 4.69) is 27.2 Å². The molecule has 28 heavy (non-hydrogen) atoms. The molecule has 0 spiro atoms. The highest BCUT2D eigenvalue weighted by Crippen LogP contribution is 2.36. The van der Waals surface area contributed by atoms with Crippen LogP contribution in [0.2, 0.25) is 5.02 Å². The van der Waals surface area contributed by atoms with Gasteiger partial charge in [0.2, 0.25) is 0 Å². The first-order chi connectivity index (χ1) is 13.7. The van der Waals surface area contributed by atoms with Crippen LogP contribution < -0.4 is 0 Å². The molecule has 1 aromatic carbocycles. The maximum absolute atomic E-state index is 6.65. The average molecular weight is 402 g/mol. The van der Waals surface area contributed by atoms with Crippen LogP contribution in [0.4, 0.5) is 0 Å². The predicted molar refractivity (Wildman–Crippen MR) is 112 cm³/mol. The molecule has 2 aliphatic rings. The second-order valence-corrected chi connectivity index (χ2v) is 7.77. The number of benzene rings is 1. The molecule has 2 fully saturated rings. The number of hydrogen-bond acceptors (Lipinski definition) is 4. The van der Waals surface area contributed by atoms with E-state index in [1.54, 1.807) is 4.68 Å². The molecule has 3 aromatic rings. The zero-order valence-corrected chi connectivity index (χ0v) is 17.6. The van der Waals surface area contributed by atoms with Gasteiger partial charge < -0.3 is 4.74 Å². The van der Waals surface area contributed by atoms with Gasteiger partial charge in [0, 0.05) is 17.5 Å². The van der Waals surface area contributed by atoms with Crippen LogP contribution in [-0.2, 0) is 11.8 Å². The molecule has 0 saturated carbocycles. The third-order valence-electron chi connectivity index (χ3n) is 5.73. The molecule has 7 heteroatoms. The van der Waals surface area contributed by atoms with Gasteiger partial charge in [-0.15, -0.1) is 0 Å². The van der Waals surface area contributed by atoms with E-state index in [0.29, 0.717) is 12.0 Å². The lowest BCUT2D eigenvalue weighted by Gasteiger charge is -2.41. The highest BCUT2D eigenvalue weighted by molar-refractivity contribution is 6.32. The fraction of sp³-hybridized carbons (Fsp3) is 0.524. The van der Waals surface area contributed by atoms with E-state index in [0.717, 1.165) is 60.8 Å². The van der Waals surface area contributed by atoms with Gasteiger partial charge in [0.15, 0.2) is 0 Å². The van der Waals surface area contributed by atoms with E-state index in [9.17, 15) is 0 Å². The van der Waals surface area contributed by atoms with E-state index in [1.165, 1.54) is 5.56 Å². The first-order valence-corrected chi connectivity index (χ1v) is 10.5. The number of piperidine rings is 1. The van der Waals surface area contributed by atoms with Crippen molar-refractivity contribution in [3.05, 3.63) is 41.3 Å². The van der Waals surface area contributed by atoms with Crippen molar-refractivity contribution >= 4 is 22.5 Å². The molecular weight excluding hydrogens is 374 g/mol. The Morgan fingerprint density at radius 1 is 1.07 bits per heavy atom. The van der Waals surface area contributed by atoms with Gasteiger partial charge in [0.05, 0.1) is 43.4 Å². The van der Waals surface area contributed by atoms with Crippen LogP contribution >= 0.6 is 11.6 Å². The van der Waals surface area contributed by atoms with Gasteiger partial charge in [0.1, 0.15) is 5.69 Å². The molecule has 2 aliphatic heterocycles. The minimum Gasteiger partial charge on any atom is -0.378 e. The molecule has 0 atom stereocenters. The van der Waals surface area contributed by atoms with Gasteiger partial charge in [0.25, 0.3) is 0 Å². The number of ether oxygens (including phenoxy) is 1. The standard InChI is InChI=1S/C19H22ClN5O.C2H6/c1-23-10-15(9-21-23)25-19-7-17(18(20)6-14(19)8-22-25)13-2-4-24(5-3-13)16-11-26-12-16;1-2/h6-10,13,16H,2-5,11-12H2,1H3;1-2H3. The van der Waals surface area contributed by atoms with Crippen molar-refractivity contribution in [3.63, 3.8) is 0 Å². The fourth-order valence-corrected chi connectivity index (χ4v) is 4.43. The summed E-state index contributed by atoms with van der Waals surface area (Å²) in [5, 5.41) is 10.7. The topological polar surface area (TPSA) is 48.1 Å². The highest BCUT2D eigenvalue weighted by atomic mass is 35.5. The Morgan fingerprint density at radius 3 is 2.43 bits per heavy atom. The normalized spacial score (nSPS) is 18.7. The lowest BCUT2D eigenvalue weighted by molar-refractivity contribution is -0.0712. The van der Waals surface area contributed by atoms with Crippen molar-refractivity contribution in [1.29, 1.82) is 0 Å². The maximum atomic E-state index is 6.65. The number of hydrogen-bond donors (Lipinski definition) is 0. The van der Waals surface area contributed by atoms with Crippen molar-refractivity contribution in [2.75, 3.05) is 26.3 Å². The van der Waals surface area contributed by atoms with Gasteiger partial charge in [-0.2, -0.15) is 10.2 Å². The summed E-state index contributed by atoms with van der Waals surface area (Å²) in [7, 11) is 1.92. The molecule has 0 radical (unpaired) electrons. The molecule has 0 bridgehead atoms. The van der Waals surface area contributed by atoms with Crippen molar-refractivity contribution in [1.82, 2.24) is 24.5 Å². The lowest BCUT2D eigenvalue weighted by atomic mass is 9.88. The van der Waals surface area contributed by atoms with Crippen LogP contribution in [0.15, 0.2) is 30.7 Å². The minimum absolute atomic E-state index is 0.501. The Morgan fingerprint density at radius 2 is 1.82 bits per heavy atom. The summed E-state index contributed by atoms with van der Waals surface area (Å²) < 4.78 is 9.07. The second-order valence-electron chi connectivity index (χ2n) is 7.36. The van der Waals surface area contributed by atoms with Crippen LogP contribution in [0.3, 0.4) is 0 Å². The first kappa shape index (κ1) is 19.4. The second kappa shape index (κ2) is 8.23. The smallest absolute Gasteiger partial charge is 0.103 e. The molecular formula is C21H28ClN5O. The summed E-state index contributed by atoms with van der Waals surface area (Å²) in [6.07, 6.45) is 7.96. The van der Waals surface area contributed by atoms with Gasteiger partial charge in [-0.05, 0) is 49.5 Å². The van der Waals surface area contributed by atoms with Crippen LogP contribution in [0.5, 0.6) is 0 Å². The van der Waals surface area contributed by atoms with E-state index >= 15 is 0 Å². The van der Waals surface area contributed by atoms with E-state index < -0.39 is 0 Å². The molecule has 0 unspecified atom stereocenters. The number of likely N-dealkylation sites (tertiary alicyclic amines) is 1. The Hall–Kier alpha value is -1.89. The van der Waals surface area contributed by atoms with Crippen molar-refractivity contribution in [2.45, 2.75) is 38.6 Å². The maximum Gasteiger partial charge on any atom is 0.103 e. The molecule has 2 saturated heterocycles. The van der Waals surface area contributed by atoms with Gasteiger partial charge in [-0.25, -0.2) is 4.68 Å². The number of nitrogens with zero attached hydrogens (tertiary/aromatic N) is 5. The molecule has 4 heterocycles. The summed E-state index contributed by atoms with van der Waals surface area (Å²) in [4.78, 5) is 2.56. The monoisotopic (exact) mass is 401 g/mol. The summed E-state index contributed by atoms with van der Waals surface area (Å²) in [6, 6.07) is 4.91. The number of halogens is 1. The Bertz CT molecular complexity index is 938. The van der Waals surface area contributed by atoms with Crippen LogP contribution in [0.1, 0.15) is 38.2 Å². The van der Waals surface area contributed by atoms with Crippen LogP contribution in [0.25, 0.3) is 16.6 Å². The zero-order chi connectivity index (χ0) is 19.7. The minimum atomic E-state index is 0.501. The number of rotatable bonds is 3. The SMILES string of the molecule is CC.Cn1cc(-n2ncc3cc(Cl)c(C4CCN(C5COC5)CC4)cc32)cn1. The van der Waals surface area contributed by atoms with E-state index in [-0.39, 0.29) is 0 Å². The van der Waals surface area contributed by atoms with E-state index in [4.69, 9.17) is 16.3 Å². The lowest BCUT2D eigenvalue weighted by Crippen LogP contribution is -2.51. The quantitative estimate of drug-likeness (QED) is 0.665. The molecule has 150 valence electrons. The molecule has 2 aromatic heterocycles. The van der Waals surface area contributed by atoms with Gasteiger partial charge in [-0.1, -0.05) is 25.4 Å². The molecule has 0 amide bonds. The molecule has 0 N–H and O–H groups in total. The summed E-state index contributed by atoms with van der Waals surface area (Å²) in [5.74, 6) is 0.501. The number of aryl methyl sites for hydroxylation is 1. The number of fused-ring (bicyclic) bond motifs is 1. The van der Waals surface area contributed by atoms with Crippen molar-refractivity contribution in [2.24, 2.45) is 7.05 Å². The van der Waals surface area contributed by atoms with Gasteiger partial charge in [-0.3, -0.25) is 9.58 Å². The molecule has 5 rings (SSSR count). The van der Waals surface area contributed by atoms with Crippen molar-refractivity contribution in [3.8, 4) is 5.69 Å². The first-order valence-electron chi connectivity index (χ1n) is 10.2. The predicted octanol–water partition coefficient (Wildman–Crippen LogP) is 4.02. The summed E-state index contributed by atoms with van der Waals surface area (Å²) >= 11 is 6.65. The van der Waals surface area contributed by atoms with Crippen LogP contribution in [0, 0.1) is 0 Å². The number of aromatic nitrogens is 4. The molecule has 0 aliphatic carbocycles. The van der Waals surface area contributed by atoms with Crippen LogP contribution in [-0.4, -0.2) is 56.8 Å². The Labute approximate surface area is 171 Å². The third-order valence-corrected chi connectivity index (χ3v) is 6.06. The summed E-state index contributed by atoms with van der Waals surface area (Å²) in [5.41, 5.74) is 3.30. The van der Waals surface area contributed by atoms with Gasteiger partial charge >= 0.3 is 0 Å². The van der Waals surface area contributed by atoms with E-state index in [1.807, 2.05) is 44.2 Å².